The zero-order chi connectivity index (χ0) is 17.9. The Morgan fingerprint density at radius 1 is 1.33 bits per heavy atom. The maximum Gasteiger partial charge on any atom is 0.266 e. The molecule has 0 radical (unpaired) electrons. The fraction of sp³-hybridized carbons (Fsp3) is 0.200. The number of aryl methyl sites for hydroxylation is 1. The van der Waals surface area contributed by atoms with Crippen molar-refractivity contribution >= 4 is 35.1 Å². The van der Waals surface area contributed by atoms with Gasteiger partial charge in [-0.2, -0.15) is 0 Å². The summed E-state index contributed by atoms with van der Waals surface area (Å²) >= 11 is 1.22. The van der Waals surface area contributed by atoms with Crippen LogP contribution in [0.25, 0.3) is 0 Å². The Morgan fingerprint density at radius 3 is 2.62 bits per heavy atom. The largest absolute Gasteiger partial charge is 0.365 e. The molecule has 0 spiro atoms. The van der Waals surface area contributed by atoms with Crippen molar-refractivity contribution in [3.8, 4) is 0 Å². The van der Waals surface area contributed by atoms with Gasteiger partial charge in [0.25, 0.3) is 17.4 Å². The van der Waals surface area contributed by atoms with E-state index in [9.17, 15) is 14.4 Å². The average Bonchev–Trinajstić information content (AvgIpc) is 2.55. The number of amides is 2. The van der Waals surface area contributed by atoms with E-state index in [1.165, 1.54) is 18.8 Å². The minimum absolute atomic E-state index is 0.0488. The van der Waals surface area contributed by atoms with E-state index in [0.717, 1.165) is 5.56 Å². The standard InChI is InChI=1S/C15H17N5O3S/c1-7-4-5-8(13(22)17-2)6-9(7)18-12-10(11(16)21)14(23)20-15(19-12)24-3/h4-6H,1-3H3,(H2,16,21)(H,17,22)(H2,18,19,20,23). The second-order valence-corrected chi connectivity index (χ2v) is 5.69. The molecule has 0 saturated heterocycles. The fourth-order valence-corrected chi connectivity index (χ4v) is 2.42. The van der Waals surface area contributed by atoms with Crippen molar-refractivity contribution < 1.29 is 9.59 Å². The summed E-state index contributed by atoms with van der Waals surface area (Å²) in [5.41, 5.74) is 6.19. The van der Waals surface area contributed by atoms with Gasteiger partial charge in [0.2, 0.25) is 0 Å². The van der Waals surface area contributed by atoms with E-state index in [-0.39, 0.29) is 17.3 Å². The number of primary amides is 1. The highest BCUT2D eigenvalue weighted by molar-refractivity contribution is 7.98. The molecule has 0 fully saturated rings. The maximum atomic E-state index is 12.0. The van der Waals surface area contributed by atoms with Crippen molar-refractivity contribution in [2.45, 2.75) is 12.1 Å². The van der Waals surface area contributed by atoms with Crippen LogP contribution in [-0.2, 0) is 0 Å². The van der Waals surface area contributed by atoms with Crippen molar-refractivity contribution in [1.82, 2.24) is 15.3 Å². The third-order valence-electron chi connectivity index (χ3n) is 3.32. The Bertz CT molecular complexity index is 863. The van der Waals surface area contributed by atoms with Gasteiger partial charge in [0, 0.05) is 18.3 Å². The van der Waals surface area contributed by atoms with Gasteiger partial charge in [-0.05, 0) is 30.9 Å². The van der Waals surface area contributed by atoms with Crippen LogP contribution in [0.1, 0.15) is 26.3 Å². The topological polar surface area (TPSA) is 130 Å². The molecule has 8 nitrogen and oxygen atoms in total. The minimum atomic E-state index is -0.890. The van der Waals surface area contributed by atoms with E-state index in [4.69, 9.17) is 5.73 Å². The summed E-state index contributed by atoms with van der Waals surface area (Å²) in [7, 11) is 1.53. The molecule has 0 bridgehead atoms. The Balaban J connectivity index is 2.55. The lowest BCUT2D eigenvalue weighted by atomic mass is 10.1. The molecule has 126 valence electrons. The van der Waals surface area contributed by atoms with Crippen molar-refractivity contribution in [2.75, 3.05) is 18.6 Å². The van der Waals surface area contributed by atoms with E-state index in [0.29, 0.717) is 16.4 Å². The Morgan fingerprint density at radius 2 is 2.04 bits per heavy atom. The summed E-state index contributed by atoms with van der Waals surface area (Å²) in [4.78, 5) is 42.1. The lowest BCUT2D eigenvalue weighted by Crippen LogP contribution is -2.26. The number of nitrogens with one attached hydrogen (secondary N) is 3. The molecule has 2 aromatic rings. The van der Waals surface area contributed by atoms with E-state index in [1.807, 2.05) is 6.92 Å². The van der Waals surface area contributed by atoms with Gasteiger partial charge < -0.3 is 21.4 Å². The summed E-state index contributed by atoms with van der Waals surface area (Å²) in [5, 5.41) is 5.81. The molecular weight excluding hydrogens is 330 g/mol. The first-order valence-electron chi connectivity index (χ1n) is 6.95. The molecule has 1 aromatic heterocycles. The number of thioether (sulfide) groups is 1. The number of nitrogens with two attached hydrogens (primary N) is 1. The van der Waals surface area contributed by atoms with Crippen LogP contribution in [0.2, 0.25) is 0 Å². The number of benzene rings is 1. The molecule has 1 heterocycles. The van der Waals surface area contributed by atoms with E-state index in [1.54, 1.807) is 24.5 Å². The Hall–Kier alpha value is -2.81. The predicted molar refractivity (Wildman–Crippen MR) is 93.0 cm³/mol. The molecule has 1 aromatic carbocycles. The summed E-state index contributed by atoms with van der Waals surface area (Å²) in [5.74, 6) is -1.09. The number of anilines is 2. The van der Waals surface area contributed by atoms with Crippen molar-refractivity contribution in [2.24, 2.45) is 5.73 Å². The van der Waals surface area contributed by atoms with Gasteiger partial charge in [0.05, 0.1) is 0 Å². The molecule has 0 saturated carbocycles. The molecule has 0 aliphatic rings. The van der Waals surface area contributed by atoms with Crippen LogP contribution in [0.5, 0.6) is 0 Å². The van der Waals surface area contributed by atoms with Gasteiger partial charge in [-0.1, -0.05) is 17.8 Å². The van der Waals surface area contributed by atoms with E-state index in [2.05, 4.69) is 20.6 Å². The summed E-state index contributed by atoms with van der Waals surface area (Å²) in [6, 6.07) is 5.03. The summed E-state index contributed by atoms with van der Waals surface area (Å²) < 4.78 is 0. The van der Waals surface area contributed by atoms with Gasteiger partial charge in [0.1, 0.15) is 5.56 Å². The van der Waals surface area contributed by atoms with Crippen LogP contribution in [0.15, 0.2) is 28.2 Å². The third kappa shape index (κ3) is 3.57. The molecule has 2 amide bonds. The quantitative estimate of drug-likeness (QED) is 0.471. The van der Waals surface area contributed by atoms with Crippen LogP contribution in [0.3, 0.4) is 0 Å². The Labute approximate surface area is 142 Å². The highest BCUT2D eigenvalue weighted by Gasteiger charge is 2.18. The molecule has 2 rings (SSSR count). The second-order valence-electron chi connectivity index (χ2n) is 4.90. The Kier molecular flexibility index (Phi) is 5.24. The monoisotopic (exact) mass is 347 g/mol. The van der Waals surface area contributed by atoms with Crippen LogP contribution in [0, 0.1) is 6.92 Å². The average molecular weight is 347 g/mol. The smallest absolute Gasteiger partial charge is 0.266 e. The molecule has 0 unspecified atom stereocenters. The van der Waals surface area contributed by atoms with Gasteiger partial charge in [-0.15, -0.1) is 0 Å². The predicted octanol–water partition coefficient (Wildman–Crippen LogP) is 1.00. The third-order valence-corrected chi connectivity index (χ3v) is 3.90. The number of aromatic amines is 1. The normalized spacial score (nSPS) is 10.3. The number of hydrogen-bond acceptors (Lipinski definition) is 6. The number of hydrogen-bond donors (Lipinski definition) is 4. The molecule has 0 atom stereocenters. The number of aromatic nitrogens is 2. The zero-order valence-corrected chi connectivity index (χ0v) is 14.2. The SMILES string of the molecule is CNC(=O)c1ccc(C)c(Nc2nc(SC)[nH]c(=O)c2C(N)=O)c1. The van der Waals surface area contributed by atoms with Crippen LogP contribution >= 0.6 is 11.8 Å². The lowest BCUT2D eigenvalue weighted by Gasteiger charge is -2.13. The van der Waals surface area contributed by atoms with Crippen molar-refractivity contribution in [3.05, 3.63) is 45.2 Å². The van der Waals surface area contributed by atoms with Crippen LogP contribution in [0.4, 0.5) is 11.5 Å². The highest BCUT2D eigenvalue weighted by Crippen LogP contribution is 2.23. The van der Waals surface area contributed by atoms with Crippen LogP contribution < -0.4 is 21.9 Å². The van der Waals surface area contributed by atoms with E-state index >= 15 is 0 Å². The van der Waals surface area contributed by atoms with Gasteiger partial charge >= 0.3 is 0 Å². The maximum absolute atomic E-state index is 12.0. The number of H-pyrrole nitrogens is 1. The first kappa shape index (κ1) is 17.5. The van der Waals surface area contributed by atoms with Gasteiger partial charge in [0.15, 0.2) is 11.0 Å². The summed E-state index contributed by atoms with van der Waals surface area (Å²) in [6.45, 7) is 1.82. The lowest BCUT2D eigenvalue weighted by molar-refractivity contribution is 0.0961. The van der Waals surface area contributed by atoms with Crippen LogP contribution in [-0.4, -0.2) is 35.1 Å². The zero-order valence-electron chi connectivity index (χ0n) is 13.4. The number of nitrogens with zero attached hydrogens (tertiary/aromatic N) is 1. The fourth-order valence-electron chi connectivity index (χ4n) is 2.04. The first-order chi connectivity index (χ1) is 11.4. The molecule has 0 aliphatic carbocycles. The van der Waals surface area contributed by atoms with Crippen molar-refractivity contribution in [1.29, 1.82) is 0 Å². The van der Waals surface area contributed by atoms with E-state index < -0.39 is 11.5 Å². The molecule has 9 heteroatoms. The molecular formula is C15H17N5O3S. The summed E-state index contributed by atoms with van der Waals surface area (Å²) in [6.07, 6.45) is 1.74. The second kappa shape index (κ2) is 7.18. The number of rotatable bonds is 5. The number of carbonyl (C=O) groups excluding carboxylic acids is 2. The van der Waals surface area contributed by atoms with Crippen molar-refractivity contribution in [3.63, 3.8) is 0 Å². The van der Waals surface area contributed by atoms with Gasteiger partial charge in [-0.3, -0.25) is 14.4 Å². The minimum Gasteiger partial charge on any atom is -0.365 e. The number of carbonyl (C=O) groups is 2. The first-order valence-corrected chi connectivity index (χ1v) is 8.17. The highest BCUT2D eigenvalue weighted by atomic mass is 32.2. The van der Waals surface area contributed by atoms with Gasteiger partial charge in [-0.25, -0.2) is 4.98 Å². The molecule has 5 N–H and O–H groups in total. The molecule has 0 aliphatic heterocycles. The molecule has 24 heavy (non-hydrogen) atoms.